The fourth-order valence-electron chi connectivity index (χ4n) is 1.68. The monoisotopic (exact) mass is 321 g/mol. The van der Waals surface area contributed by atoms with Crippen molar-refractivity contribution in [3.05, 3.63) is 29.2 Å². The molecule has 6 nitrogen and oxygen atoms in total. The van der Waals surface area contributed by atoms with Crippen LogP contribution in [0.2, 0.25) is 0 Å². The first-order valence-corrected chi connectivity index (χ1v) is 8.35. The third kappa shape index (κ3) is 3.16. The highest BCUT2D eigenvalue weighted by Crippen LogP contribution is 2.34. The van der Waals surface area contributed by atoms with Crippen molar-refractivity contribution >= 4 is 23.1 Å². The summed E-state index contributed by atoms with van der Waals surface area (Å²) in [6, 6.07) is 3.92. The zero-order valence-corrected chi connectivity index (χ0v) is 13.5. The maximum absolute atomic E-state index is 5.72. The molecule has 3 aromatic rings. The van der Waals surface area contributed by atoms with E-state index in [2.05, 4.69) is 39.2 Å². The molecule has 0 aliphatic heterocycles. The minimum atomic E-state index is 0.00187. The van der Waals surface area contributed by atoms with Gasteiger partial charge in [0, 0.05) is 5.92 Å². The Morgan fingerprint density at radius 1 is 1.29 bits per heavy atom. The summed E-state index contributed by atoms with van der Waals surface area (Å²) in [5.74, 6) is 2.36. The number of hydrogen-bond acceptors (Lipinski definition) is 7. The largest absolute Gasteiger partial charge is 0.419 e. The highest BCUT2D eigenvalue weighted by molar-refractivity contribution is 7.99. The fourth-order valence-corrected chi connectivity index (χ4v) is 3.08. The molecular formula is C13H15N5OS2. The number of aromatic amines is 1. The predicted octanol–water partition coefficient (Wildman–Crippen LogP) is 3.89. The van der Waals surface area contributed by atoms with Gasteiger partial charge in [-0.15, -0.1) is 26.6 Å². The summed E-state index contributed by atoms with van der Waals surface area (Å²) >= 11 is 3.08. The molecule has 1 N–H and O–H groups in total. The van der Waals surface area contributed by atoms with E-state index in [4.69, 9.17) is 4.42 Å². The Bertz CT molecular complexity index is 704. The van der Waals surface area contributed by atoms with Gasteiger partial charge in [0.25, 0.3) is 5.89 Å². The minimum absolute atomic E-state index is 0.00187. The number of nitrogens with one attached hydrogen (secondary N) is 1. The van der Waals surface area contributed by atoms with Crippen molar-refractivity contribution in [1.82, 2.24) is 25.4 Å². The molecule has 0 aromatic carbocycles. The zero-order chi connectivity index (χ0) is 14.8. The van der Waals surface area contributed by atoms with Gasteiger partial charge < -0.3 is 4.42 Å². The SMILES string of the molecule is CC(C)c1nc(S[C@@H](C)c2nnc(-c3cccs3)o2)n[nH]1. The number of hydrogen-bond donors (Lipinski definition) is 1. The van der Waals surface area contributed by atoms with Crippen molar-refractivity contribution in [3.8, 4) is 10.8 Å². The van der Waals surface area contributed by atoms with Crippen LogP contribution in [-0.4, -0.2) is 25.4 Å². The lowest BCUT2D eigenvalue weighted by molar-refractivity contribution is 0.510. The van der Waals surface area contributed by atoms with Gasteiger partial charge in [-0.3, -0.25) is 5.10 Å². The summed E-state index contributed by atoms with van der Waals surface area (Å²) in [7, 11) is 0. The molecule has 0 amide bonds. The molecular weight excluding hydrogens is 306 g/mol. The molecule has 0 aliphatic carbocycles. The van der Waals surface area contributed by atoms with E-state index < -0.39 is 0 Å². The van der Waals surface area contributed by atoms with Gasteiger partial charge in [0.15, 0.2) is 0 Å². The second-order valence-electron chi connectivity index (χ2n) is 4.84. The normalized spacial score (nSPS) is 13.0. The molecule has 0 radical (unpaired) electrons. The smallest absolute Gasteiger partial charge is 0.257 e. The molecule has 0 aliphatic rings. The van der Waals surface area contributed by atoms with Gasteiger partial charge in [-0.25, -0.2) is 4.98 Å². The van der Waals surface area contributed by atoms with Crippen LogP contribution in [0, 0.1) is 0 Å². The minimum Gasteiger partial charge on any atom is -0.419 e. The molecule has 0 fully saturated rings. The predicted molar refractivity (Wildman–Crippen MR) is 82.4 cm³/mol. The van der Waals surface area contributed by atoms with E-state index >= 15 is 0 Å². The van der Waals surface area contributed by atoms with Gasteiger partial charge >= 0.3 is 0 Å². The summed E-state index contributed by atoms with van der Waals surface area (Å²) in [5, 5.41) is 18.0. The molecule has 3 aromatic heterocycles. The lowest BCUT2D eigenvalue weighted by atomic mass is 10.2. The number of thiophene rings is 1. The third-order valence-corrected chi connectivity index (χ3v) is 4.64. The first-order valence-electron chi connectivity index (χ1n) is 6.59. The molecule has 3 rings (SSSR count). The molecule has 0 spiro atoms. The molecule has 0 saturated carbocycles. The molecule has 0 unspecified atom stereocenters. The van der Waals surface area contributed by atoms with E-state index in [9.17, 15) is 0 Å². The van der Waals surface area contributed by atoms with Gasteiger partial charge in [-0.05, 0) is 18.4 Å². The molecule has 3 heterocycles. The summed E-state index contributed by atoms with van der Waals surface area (Å²) in [6.45, 7) is 6.15. The average molecular weight is 321 g/mol. The highest BCUT2D eigenvalue weighted by atomic mass is 32.2. The molecule has 0 saturated heterocycles. The van der Waals surface area contributed by atoms with E-state index in [1.165, 1.54) is 11.8 Å². The van der Waals surface area contributed by atoms with Crippen LogP contribution in [0.1, 0.15) is 43.7 Å². The Balaban J connectivity index is 1.71. The number of H-pyrrole nitrogens is 1. The summed E-state index contributed by atoms with van der Waals surface area (Å²) in [4.78, 5) is 5.42. The van der Waals surface area contributed by atoms with E-state index in [1.54, 1.807) is 11.3 Å². The third-order valence-electron chi connectivity index (χ3n) is 2.83. The van der Waals surface area contributed by atoms with E-state index in [0.29, 0.717) is 22.9 Å². The van der Waals surface area contributed by atoms with Crippen LogP contribution in [0.15, 0.2) is 27.1 Å². The molecule has 21 heavy (non-hydrogen) atoms. The number of thioether (sulfide) groups is 1. The van der Waals surface area contributed by atoms with Gasteiger partial charge in [-0.2, -0.15) is 0 Å². The maximum Gasteiger partial charge on any atom is 0.257 e. The van der Waals surface area contributed by atoms with Gasteiger partial charge in [0.2, 0.25) is 11.0 Å². The van der Waals surface area contributed by atoms with Crippen LogP contribution >= 0.6 is 23.1 Å². The molecule has 0 bridgehead atoms. The Kier molecular flexibility index (Phi) is 4.07. The van der Waals surface area contributed by atoms with Crippen LogP contribution < -0.4 is 0 Å². The van der Waals surface area contributed by atoms with Crippen LogP contribution in [0.4, 0.5) is 0 Å². The Morgan fingerprint density at radius 2 is 2.14 bits per heavy atom. The molecule has 110 valence electrons. The summed E-state index contributed by atoms with van der Waals surface area (Å²) in [5.41, 5.74) is 0. The van der Waals surface area contributed by atoms with Gasteiger partial charge in [0.1, 0.15) is 5.82 Å². The molecule has 8 heteroatoms. The van der Waals surface area contributed by atoms with Crippen LogP contribution in [0.5, 0.6) is 0 Å². The van der Waals surface area contributed by atoms with Gasteiger partial charge in [-0.1, -0.05) is 31.7 Å². The van der Waals surface area contributed by atoms with Gasteiger partial charge in [0.05, 0.1) is 10.1 Å². The van der Waals surface area contributed by atoms with Crippen molar-refractivity contribution in [2.45, 2.75) is 37.1 Å². The number of aromatic nitrogens is 5. The second kappa shape index (κ2) is 5.98. The highest BCUT2D eigenvalue weighted by Gasteiger charge is 2.19. The number of rotatable bonds is 5. The number of nitrogens with zero attached hydrogens (tertiary/aromatic N) is 4. The Hall–Kier alpha value is -1.67. The van der Waals surface area contributed by atoms with Crippen LogP contribution in [0.25, 0.3) is 10.8 Å². The van der Waals surface area contributed by atoms with Crippen molar-refractivity contribution in [3.63, 3.8) is 0 Å². The van der Waals surface area contributed by atoms with E-state index in [1.807, 2.05) is 24.4 Å². The van der Waals surface area contributed by atoms with Crippen molar-refractivity contribution in [2.24, 2.45) is 0 Å². The van der Waals surface area contributed by atoms with E-state index in [-0.39, 0.29) is 5.25 Å². The lowest BCUT2D eigenvalue weighted by Gasteiger charge is -2.02. The fraction of sp³-hybridized carbons (Fsp3) is 0.385. The zero-order valence-electron chi connectivity index (χ0n) is 11.9. The first kappa shape index (κ1) is 14.3. The molecule has 1 atom stereocenters. The van der Waals surface area contributed by atoms with Crippen LogP contribution in [0.3, 0.4) is 0 Å². The lowest BCUT2D eigenvalue weighted by Crippen LogP contribution is -1.91. The standard InChI is InChI=1S/C13H15N5OS2/c1-7(2)10-14-13(18-15-10)21-8(3)11-16-17-12(19-11)9-5-4-6-20-9/h4-8H,1-3H3,(H,14,15,18)/t8-/m0/s1. The Morgan fingerprint density at radius 3 is 2.81 bits per heavy atom. The first-order chi connectivity index (χ1) is 10.1. The van der Waals surface area contributed by atoms with E-state index in [0.717, 1.165) is 10.7 Å². The van der Waals surface area contributed by atoms with Crippen molar-refractivity contribution in [1.29, 1.82) is 0 Å². The maximum atomic E-state index is 5.72. The summed E-state index contributed by atoms with van der Waals surface area (Å²) in [6.07, 6.45) is 0. The van der Waals surface area contributed by atoms with Crippen LogP contribution in [-0.2, 0) is 0 Å². The quantitative estimate of drug-likeness (QED) is 0.718. The second-order valence-corrected chi connectivity index (χ2v) is 7.10. The van der Waals surface area contributed by atoms with Crippen molar-refractivity contribution in [2.75, 3.05) is 0 Å². The van der Waals surface area contributed by atoms with Crippen molar-refractivity contribution < 1.29 is 4.42 Å². The topological polar surface area (TPSA) is 80.5 Å². The average Bonchev–Trinajstić information content (AvgIpc) is 3.19. The summed E-state index contributed by atoms with van der Waals surface area (Å²) < 4.78 is 5.72. The Labute approximate surface area is 130 Å².